The van der Waals surface area contributed by atoms with Gasteiger partial charge in [-0.2, -0.15) is 0 Å². The minimum atomic E-state index is -0.0427. The van der Waals surface area contributed by atoms with Gasteiger partial charge in [-0.1, -0.05) is 12.8 Å². The fraction of sp³-hybridized carbons (Fsp3) is 0.625. The topological polar surface area (TPSA) is 56.7 Å². The number of hydrogen-bond acceptors (Lipinski definition) is 4. The van der Waals surface area contributed by atoms with Crippen molar-refractivity contribution in [2.24, 2.45) is 0 Å². The van der Waals surface area contributed by atoms with Crippen molar-refractivity contribution in [2.45, 2.75) is 32.6 Å². The van der Waals surface area contributed by atoms with E-state index in [0.717, 1.165) is 31.7 Å². The molecule has 0 aliphatic carbocycles. The highest BCUT2D eigenvalue weighted by Crippen LogP contribution is 2.22. The van der Waals surface area contributed by atoms with Crippen LogP contribution >= 0.6 is 0 Å². The second-order valence-corrected chi connectivity index (χ2v) is 5.38. The van der Waals surface area contributed by atoms with Crippen LogP contribution in [0.2, 0.25) is 0 Å². The second-order valence-electron chi connectivity index (χ2n) is 5.38. The van der Waals surface area contributed by atoms with Gasteiger partial charge in [-0.3, -0.25) is 4.79 Å². The monoisotopic (exact) mass is 291 g/mol. The number of likely N-dealkylation sites (N-methyl/N-ethyl adjacent to an activating group) is 1. The molecule has 116 valence electrons. The molecule has 5 nitrogen and oxygen atoms in total. The van der Waals surface area contributed by atoms with Crippen LogP contribution < -0.4 is 4.90 Å². The number of nitrogens with zero attached hydrogens (tertiary/aromatic N) is 3. The van der Waals surface area contributed by atoms with Crippen molar-refractivity contribution in [3.63, 3.8) is 0 Å². The lowest BCUT2D eigenvalue weighted by Gasteiger charge is -2.26. The Kier molecular flexibility index (Phi) is 5.99. The van der Waals surface area contributed by atoms with E-state index in [4.69, 9.17) is 5.11 Å². The Hall–Kier alpha value is -1.62. The molecule has 0 radical (unpaired) electrons. The number of carbonyl (C=O) groups excluding carboxylic acids is 1. The highest BCUT2D eigenvalue weighted by molar-refractivity contribution is 5.98. The first kappa shape index (κ1) is 15.8. The standard InChI is InChI=1S/C16H25N3O2/c1-2-18(12-13-20)16(21)14-8-7-9-17-15(14)19-10-5-3-4-6-11-19/h7-9,20H,2-6,10-13H2,1H3. The van der Waals surface area contributed by atoms with Crippen LogP contribution in [0.15, 0.2) is 18.3 Å². The Balaban J connectivity index is 2.24. The molecule has 1 saturated heterocycles. The van der Waals surface area contributed by atoms with Crippen LogP contribution in [0, 0.1) is 0 Å². The van der Waals surface area contributed by atoms with Crippen molar-refractivity contribution in [3.8, 4) is 0 Å². The summed E-state index contributed by atoms with van der Waals surface area (Å²) in [4.78, 5) is 21.0. The molecular weight excluding hydrogens is 266 g/mol. The van der Waals surface area contributed by atoms with Crippen LogP contribution in [0.3, 0.4) is 0 Å². The largest absolute Gasteiger partial charge is 0.395 e. The summed E-state index contributed by atoms with van der Waals surface area (Å²) in [6.07, 6.45) is 6.55. The van der Waals surface area contributed by atoms with E-state index in [1.54, 1.807) is 17.2 Å². The molecule has 1 aromatic heterocycles. The fourth-order valence-electron chi connectivity index (χ4n) is 2.79. The molecule has 21 heavy (non-hydrogen) atoms. The summed E-state index contributed by atoms with van der Waals surface area (Å²) in [7, 11) is 0. The Morgan fingerprint density at radius 2 is 2.05 bits per heavy atom. The molecule has 1 N–H and O–H groups in total. The zero-order chi connectivity index (χ0) is 15.1. The van der Waals surface area contributed by atoms with Gasteiger partial charge in [-0.05, 0) is 31.9 Å². The SMILES string of the molecule is CCN(CCO)C(=O)c1cccnc1N1CCCCCC1. The van der Waals surface area contributed by atoms with E-state index in [1.165, 1.54) is 12.8 Å². The Labute approximate surface area is 126 Å². The quantitative estimate of drug-likeness (QED) is 0.900. The molecule has 0 bridgehead atoms. The van der Waals surface area contributed by atoms with E-state index in [2.05, 4.69) is 9.88 Å². The molecule has 2 rings (SSSR count). The van der Waals surface area contributed by atoms with Crippen molar-refractivity contribution in [3.05, 3.63) is 23.9 Å². The first-order valence-corrected chi connectivity index (χ1v) is 7.88. The van der Waals surface area contributed by atoms with E-state index in [1.807, 2.05) is 13.0 Å². The molecule has 1 aliphatic heterocycles. The summed E-state index contributed by atoms with van der Waals surface area (Å²) >= 11 is 0. The van der Waals surface area contributed by atoms with Crippen LogP contribution in [0.25, 0.3) is 0 Å². The highest BCUT2D eigenvalue weighted by Gasteiger charge is 2.22. The molecule has 0 unspecified atom stereocenters. The van der Waals surface area contributed by atoms with Gasteiger partial charge in [0.1, 0.15) is 5.82 Å². The number of rotatable bonds is 5. The maximum absolute atomic E-state index is 12.7. The third kappa shape index (κ3) is 3.94. The summed E-state index contributed by atoms with van der Waals surface area (Å²) in [6, 6.07) is 3.65. The van der Waals surface area contributed by atoms with E-state index in [9.17, 15) is 4.79 Å². The fourth-order valence-corrected chi connectivity index (χ4v) is 2.79. The molecule has 0 aromatic carbocycles. The second kappa shape index (κ2) is 7.98. The lowest BCUT2D eigenvalue weighted by molar-refractivity contribution is 0.0732. The minimum Gasteiger partial charge on any atom is -0.395 e. The molecule has 5 heteroatoms. The van der Waals surface area contributed by atoms with Gasteiger partial charge in [0.05, 0.1) is 12.2 Å². The zero-order valence-electron chi connectivity index (χ0n) is 12.8. The average Bonchev–Trinajstić information content (AvgIpc) is 2.81. The normalized spacial score (nSPS) is 15.6. The summed E-state index contributed by atoms with van der Waals surface area (Å²) < 4.78 is 0. The molecule has 0 atom stereocenters. The van der Waals surface area contributed by atoms with Gasteiger partial charge >= 0.3 is 0 Å². The van der Waals surface area contributed by atoms with E-state index >= 15 is 0 Å². The predicted molar refractivity (Wildman–Crippen MR) is 83.6 cm³/mol. The van der Waals surface area contributed by atoms with Crippen molar-refractivity contribution < 1.29 is 9.90 Å². The van der Waals surface area contributed by atoms with Crippen LogP contribution in [-0.2, 0) is 0 Å². The van der Waals surface area contributed by atoms with Gasteiger partial charge in [-0.25, -0.2) is 4.98 Å². The first-order valence-electron chi connectivity index (χ1n) is 7.88. The van der Waals surface area contributed by atoms with E-state index in [0.29, 0.717) is 18.7 Å². The average molecular weight is 291 g/mol. The van der Waals surface area contributed by atoms with Gasteiger partial charge in [-0.15, -0.1) is 0 Å². The maximum atomic E-state index is 12.7. The van der Waals surface area contributed by atoms with E-state index < -0.39 is 0 Å². The summed E-state index contributed by atoms with van der Waals surface area (Å²) in [5.41, 5.74) is 0.648. The Morgan fingerprint density at radius 3 is 2.67 bits per heavy atom. The number of amides is 1. The van der Waals surface area contributed by atoms with Gasteiger partial charge in [0.25, 0.3) is 5.91 Å². The Morgan fingerprint density at radius 1 is 1.33 bits per heavy atom. The third-order valence-corrected chi connectivity index (χ3v) is 3.96. The minimum absolute atomic E-state index is 0.0150. The highest BCUT2D eigenvalue weighted by atomic mass is 16.3. The van der Waals surface area contributed by atoms with Crippen molar-refractivity contribution in [2.75, 3.05) is 37.7 Å². The molecule has 1 aromatic rings. The molecule has 1 fully saturated rings. The molecule has 1 aliphatic rings. The van der Waals surface area contributed by atoms with Crippen molar-refractivity contribution in [1.29, 1.82) is 0 Å². The van der Waals surface area contributed by atoms with E-state index in [-0.39, 0.29) is 12.5 Å². The number of aromatic nitrogens is 1. The zero-order valence-corrected chi connectivity index (χ0v) is 12.8. The predicted octanol–water partition coefficient (Wildman–Crippen LogP) is 1.92. The van der Waals surface area contributed by atoms with Crippen molar-refractivity contribution in [1.82, 2.24) is 9.88 Å². The van der Waals surface area contributed by atoms with Gasteiger partial charge < -0.3 is 14.9 Å². The van der Waals surface area contributed by atoms with Gasteiger partial charge in [0, 0.05) is 32.4 Å². The van der Waals surface area contributed by atoms with Crippen LogP contribution in [0.5, 0.6) is 0 Å². The Bertz CT molecular complexity index is 457. The maximum Gasteiger partial charge on any atom is 0.257 e. The lowest BCUT2D eigenvalue weighted by atomic mass is 10.2. The number of pyridine rings is 1. The lowest BCUT2D eigenvalue weighted by Crippen LogP contribution is -2.35. The molecule has 1 amide bonds. The molecule has 2 heterocycles. The number of aliphatic hydroxyl groups is 1. The number of hydrogen-bond donors (Lipinski definition) is 1. The number of aliphatic hydroxyl groups excluding tert-OH is 1. The number of carbonyl (C=O) groups is 1. The van der Waals surface area contributed by atoms with Crippen LogP contribution in [0.4, 0.5) is 5.82 Å². The van der Waals surface area contributed by atoms with Crippen molar-refractivity contribution >= 4 is 11.7 Å². The smallest absolute Gasteiger partial charge is 0.257 e. The summed E-state index contributed by atoms with van der Waals surface area (Å²) in [5.74, 6) is 0.750. The summed E-state index contributed by atoms with van der Waals surface area (Å²) in [6.45, 7) is 4.79. The van der Waals surface area contributed by atoms with Crippen LogP contribution in [-0.4, -0.2) is 53.7 Å². The van der Waals surface area contributed by atoms with Gasteiger partial charge in [0.15, 0.2) is 0 Å². The number of anilines is 1. The third-order valence-electron chi connectivity index (χ3n) is 3.96. The molecular formula is C16H25N3O2. The summed E-state index contributed by atoms with van der Waals surface area (Å²) in [5, 5.41) is 9.10. The first-order chi connectivity index (χ1) is 10.3. The molecule has 0 spiro atoms. The molecule has 0 saturated carbocycles. The van der Waals surface area contributed by atoms with Gasteiger partial charge in [0.2, 0.25) is 0 Å². The van der Waals surface area contributed by atoms with Crippen LogP contribution in [0.1, 0.15) is 43.0 Å².